The van der Waals surface area contributed by atoms with Crippen LogP contribution in [-0.4, -0.2) is 62.1 Å². The van der Waals surface area contributed by atoms with Crippen LogP contribution in [0.4, 0.5) is 9.59 Å². The molecule has 0 aliphatic heterocycles. The average Bonchev–Trinajstić information content (AvgIpc) is 3.31. The number of carbonyl (C=O) groups is 4. The number of nitrogens with one attached hydrogen (secondary N) is 4. The molecule has 1 fully saturated rings. The number of carbonyl (C=O) groups excluding carboxylic acids is 4. The minimum absolute atomic E-state index is 0.0283. The highest BCUT2D eigenvalue weighted by Gasteiger charge is 2.30. The molecular weight excluding hydrogens is 562 g/mol. The SMILES string of the molecule is CNC(=O)C1CCC(CNC(=O)N/N=C/[C@H](CC(=O)OC(C)(C)C)NC(=O)OCC2c3ccccc3-c3ccccc32)CC1. The highest BCUT2D eigenvalue weighted by molar-refractivity contribution is 5.83. The molecule has 4 N–H and O–H groups in total. The molecular formula is C33H43N5O6. The van der Waals surface area contributed by atoms with E-state index in [1.807, 2.05) is 36.4 Å². The number of ether oxygens (including phenoxy) is 2. The number of hydrogen-bond acceptors (Lipinski definition) is 7. The van der Waals surface area contributed by atoms with Gasteiger partial charge in [0.2, 0.25) is 5.91 Å². The van der Waals surface area contributed by atoms with E-state index in [0.29, 0.717) is 6.54 Å². The van der Waals surface area contributed by atoms with Crippen LogP contribution < -0.4 is 21.4 Å². The third-order valence-electron chi connectivity index (χ3n) is 7.89. The Bertz CT molecular complexity index is 1320. The number of urea groups is 1. The Kier molecular flexibility index (Phi) is 11.0. The number of amides is 4. The van der Waals surface area contributed by atoms with Crippen LogP contribution in [0, 0.1) is 11.8 Å². The molecule has 0 unspecified atom stereocenters. The van der Waals surface area contributed by atoms with Gasteiger partial charge in [0.25, 0.3) is 0 Å². The fourth-order valence-electron chi connectivity index (χ4n) is 5.79. The molecule has 0 spiro atoms. The second kappa shape index (κ2) is 14.9. The molecule has 4 rings (SSSR count). The summed E-state index contributed by atoms with van der Waals surface area (Å²) in [4.78, 5) is 49.6. The molecule has 0 aromatic heterocycles. The van der Waals surface area contributed by atoms with Crippen LogP contribution >= 0.6 is 0 Å². The lowest BCUT2D eigenvalue weighted by Crippen LogP contribution is -2.41. The number of esters is 1. The summed E-state index contributed by atoms with van der Waals surface area (Å²) in [5.74, 6) is -0.280. The van der Waals surface area contributed by atoms with Crippen LogP contribution in [-0.2, 0) is 19.1 Å². The predicted octanol–water partition coefficient (Wildman–Crippen LogP) is 4.46. The molecule has 0 bridgehead atoms. The fourth-order valence-corrected chi connectivity index (χ4v) is 5.79. The molecule has 11 heteroatoms. The van der Waals surface area contributed by atoms with Crippen molar-refractivity contribution in [2.45, 2.75) is 70.4 Å². The molecule has 2 aliphatic rings. The Labute approximate surface area is 258 Å². The summed E-state index contributed by atoms with van der Waals surface area (Å²) >= 11 is 0. The number of alkyl carbamates (subject to hydrolysis) is 1. The van der Waals surface area contributed by atoms with Crippen LogP contribution in [0.5, 0.6) is 0 Å². The number of hydrazone groups is 1. The number of fused-ring (bicyclic) bond motifs is 3. The summed E-state index contributed by atoms with van der Waals surface area (Å²) in [6.45, 7) is 5.83. The van der Waals surface area contributed by atoms with Crippen molar-refractivity contribution < 1.29 is 28.7 Å². The molecule has 2 aliphatic carbocycles. The molecule has 0 saturated heterocycles. The minimum atomic E-state index is -0.888. The largest absolute Gasteiger partial charge is 0.460 e. The van der Waals surface area contributed by atoms with E-state index in [9.17, 15) is 19.2 Å². The molecule has 2 aromatic rings. The Hall–Kier alpha value is -4.41. The van der Waals surface area contributed by atoms with Gasteiger partial charge in [0.1, 0.15) is 12.2 Å². The van der Waals surface area contributed by atoms with Crippen LogP contribution in [0.1, 0.15) is 69.9 Å². The third-order valence-corrected chi connectivity index (χ3v) is 7.89. The molecule has 236 valence electrons. The molecule has 1 atom stereocenters. The van der Waals surface area contributed by atoms with Crippen LogP contribution in [0.2, 0.25) is 0 Å². The fraction of sp³-hybridized carbons (Fsp3) is 0.485. The summed E-state index contributed by atoms with van der Waals surface area (Å²) in [7, 11) is 1.65. The first-order valence-corrected chi connectivity index (χ1v) is 15.2. The Balaban J connectivity index is 1.30. The molecule has 4 amide bonds. The van der Waals surface area contributed by atoms with Gasteiger partial charge in [-0.15, -0.1) is 0 Å². The summed E-state index contributed by atoms with van der Waals surface area (Å²) < 4.78 is 11.0. The minimum Gasteiger partial charge on any atom is -0.460 e. The number of hydrogen-bond donors (Lipinski definition) is 4. The first-order valence-electron chi connectivity index (χ1n) is 15.2. The zero-order chi connectivity index (χ0) is 31.7. The lowest BCUT2D eigenvalue weighted by Gasteiger charge is -2.27. The molecule has 0 radical (unpaired) electrons. The van der Waals surface area contributed by atoms with E-state index in [0.717, 1.165) is 47.9 Å². The smallest absolute Gasteiger partial charge is 0.407 e. The van der Waals surface area contributed by atoms with Gasteiger partial charge in [-0.25, -0.2) is 15.0 Å². The van der Waals surface area contributed by atoms with Gasteiger partial charge >= 0.3 is 18.1 Å². The molecule has 44 heavy (non-hydrogen) atoms. The van der Waals surface area contributed by atoms with E-state index in [1.165, 1.54) is 6.21 Å². The van der Waals surface area contributed by atoms with E-state index >= 15 is 0 Å². The van der Waals surface area contributed by atoms with E-state index in [2.05, 4.69) is 38.6 Å². The summed E-state index contributed by atoms with van der Waals surface area (Å²) in [6, 6.07) is 14.7. The lowest BCUT2D eigenvalue weighted by molar-refractivity contribution is -0.154. The maximum absolute atomic E-state index is 12.9. The van der Waals surface area contributed by atoms with Crippen LogP contribution in [0.3, 0.4) is 0 Å². The Morgan fingerprint density at radius 1 is 0.955 bits per heavy atom. The van der Waals surface area contributed by atoms with Crippen molar-refractivity contribution in [2.75, 3.05) is 20.2 Å². The van der Waals surface area contributed by atoms with Gasteiger partial charge in [-0.1, -0.05) is 48.5 Å². The van der Waals surface area contributed by atoms with E-state index < -0.39 is 29.7 Å². The maximum atomic E-state index is 12.9. The van der Waals surface area contributed by atoms with Gasteiger partial charge in [0.15, 0.2) is 0 Å². The lowest BCUT2D eigenvalue weighted by atomic mass is 9.81. The van der Waals surface area contributed by atoms with Crippen molar-refractivity contribution in [3.05, 3.63) is 59.7 Å². The topological polar surface area (TPSA) is 147 Å². The first-order chi connectivity index (χ1) is 21.0. The zero-order valence-corrected chi connectivity index (χ0v) is 25.9. The van der Waals surface area contributed by atoms with Gasteiger partial charge in [-0.05, 0) is 74.6 Å². The highest BCUT2D eigenvalue weighted by atomic mass is 16.6. The average molecular weight is 606 g/mol. The maximum Gasteiger partial charge on any atom is 0.407 e. The van der Waals surface area contributed by atoms with Crippen molar-refractivity contribution in [3.8, 4) is 11.1 Å². The number of benzene rings is 2. The summed E-state index contributed by atoms with van der Waals surface area (Å²) in [6.07, 6.45) is 3.64. The quantitative estimate of drug-likeness (QED) is 0.179. The second-order valence-corrected chi connectivity index (χ2v) is 12.3. The molecule has 0 heterocycles. The van der Waals surface area contributed by atoms with Gasteiger partial charge in [-0.2, -0.15) is 5.10 Å². The standard InChI is InChI=1S/C33H43N5O6/c1-33(2,3)44-29(39)17-23(19-36-38-31(41)35-18-21-13-15-22(16-14-21)30(40)34-4)37-32(42)43-20-28-26-11-7-5-9-24(26)25-10-6-8-12-27(25)28/h5-12,19,21-23,28H,13-18,20H2,1-4H3,(H,34,40)(H,37,42)(H2,35,38,41)/b36-19+/t21?,22?,23-/m0/s1. The highest BCUT2D eigenvalue weighted by Crippen LogP contribution is 2.44. The van der Waals surface area contributed by atoms with Crippen molar-refractivity contribution in [3.63, 3.8) is 0 Å². The third kappa shape index (κ3) is 9.05. The van der Waals surface area contributed by atoms with Crippen LogP contribution in [0.15, 0.2) is 53.6 Å². The van der Waals surface area contributed by atoms with Crippen LogP contribution in [0.25, 0.3) is 11.1 Å². The van der Waals surface area contributed by atoms with Gasteiger partial charge in [-0.3, -0.25) is 9.59 Å². The van der Waals surface area contributed by atoms with Gasteiger partial charge < -0.3 is 25.4 Å². The summed E-state index contributed by atoms with van der Waals surface area (Å²) in [5, 5.41) is 12.1. The van der Waals surface area contributed by atoms with Gasteiger partial charge in [0, 0.05) is 31.6 Å². The molecule has 1 saturated carbocycles. The predicted molar refractivity (Wildman–Crippen MR) is 167 cm³/mol. The molecule has 2 aromatic carbocycles. The number of rotatable bonds is 10. The van der Waals surface area contributed by atoms with E-state index in [-0.39, 0.29) is 36.7 Å². The summed E-state index contributed by atoms with van der Waals surface area (Å²) in [5.41, 5.74) is 6.09. The van der Waals surface area contributed by atoms with E-state index in [1.54, 1.807) is 27.8 Å². The second-order valence-electron chi connectivity index (χ2n) is 12.3. The van der Waals surface area contributed by atoms with Crippen molar-refractivity contribution in [1.82, 2.24) is 21.4 Å². The first kappa shape index (κ1) is 32.5. The van der Waals surface area contributed by atoms with Crippen molar-refractivity contribution in [1.29, 1.82) is 0 Å². The zero-order valence-electron chi connectivity index (χ0n) is 25.9. The Morgan fingerprint density at radius 2 is 1.57 bits per heavy atom. The van der Waals surface area contributed by atoms with E-state index in [4.69, 9.17) is 9.47 Å². The van der Waals surface area contributed by atoms with Crippen molar-refractivity contribution >= 4 is 30.2 Å². The Morgan fingerprint density at radius 3 is 2.16 bits per heavy atom. The normalized spacial score (nSPS) is 18.5. The van der Waals surface area contributed by atoms with Gasteiger partial charge in [0.05, 0.1) is 12.5 Å². The van der Waals surface area contributed by atoms with Crippen molar-refractivity contribution in [2.24, 2.45) is 16.9 Å². The monoisotopic (exact) mass is 605 g/mol. The molecule has 11 nitrogen and oxygen atoms in total. The number of nitrogens with zero attached hydrogens (tertiary/aromatic N) is 1.